The molecule has 110 valence electrons. The summed E-state index contributed by atoms with van der Waals surface area (Å²) in [7, 11) is 0. The molecule has 0 aliphatic rings. The van der Waals surface area contributed by atoms with Gasteiger partial charge in [0.1, 0.15) is 5.75 Å². The fraction of sp³-hybridized carbons (Fsp3) is 0.235. The molecule has 0 aliphatic heterocycles. The zero-order valence-electron chi connectivity index (χ0n) is 12.0. The number of hydrogen-bond donors (Lipinski definition) is 2. The van der Waals surface area contributed by atoms with Gasteiger partial charge in [0, 0.05) is 11.8 Å². The Morgan fingerprint density at radius 3 is 2.67 bits per heavy atom. The molecule has 0 radical (unpaired) electrons. The van der Waals surface area contributed by atoms with E-state index in [-0.39, 0.29) is 0 Å². The third-order valence-corrected chi connectivity index (χ3v) is 2.94. The first-order valence-corrected chi connectivity index (χ1v) is 6.97. The maximum Gasteiger partial charge on any atom is 0.257 e. The summed E-state index contributed by atoms with van der Waals surface area (Å²) in [5.74, 6) is 0.234. The Kier molecular flexibility index (Phi) is 5.35. The maximum atomic E-state index is 12.0. The number of carbonyl (C=O) groups excluding carboxylic acids is 1. The molecule has 0 spiro atoms. The second-order valence-corrected chi connectivity index (χ2v) is 4.68. The van der Waals surface area contributed by atoms with Gasteiger partial charge in [-0.3, -0.25) is 4.79 Å². The summed E-state index contributed by atoms with van der Waals surface area (Å²) < 4.78 is 5.51. The van der Waals surface area contributed by atoms with E-state index >= 15 is 0 Å². The zero-order valence-corrected chi connectivity index (χ0v) is 12.0. The number of aliphatic hydroxyl groups is 1. The van der Waals surface area contributed by atoms with Crippen LogP contribution in [-0.4, -0.2) is 17.6 Å². The van der Waals surface area contributed by atoms with Gasteiger partial charge in [-0.2, -0.15) is 0 Å². The van der Waals surface area contributed by atoms with Crippen molar-refractivity contribution in [1.29, 1.82) is 0 Å². The van der Waals surface area contributed by atoms with Gasteiger partial charge in [0.05, 0.1) is 6.61 Å². The van der Waals surface area contributed by atoms with Crippen molar-refractivity contribution in [3.05, 3.63) is 60.2 Å². The summed E-state index contributed by atoms with van der Waals surface area (Å²) in [6.45, 7) is 2.66. The van der Waals surface area contributed by atoms with Gasteiger partial charge in [0.25, 0.3) is 5.91 Å². The molecule has 4 nitrogen and oxygen atoms in total. The normalized spacial score (nSPS) is 11.7. The number of ether oxygens (including phenoxy) is 1. The molecule has 2 rings (SSSR count). The Morgan fingerprint density at radius 1 is 1.19 bits per heavy atom. The molecule has 1 atom stereocenters. The molecule has 0 bridgehead atoms. The Bertz CT molecular complexity index is 584. The summed E-state index contributed by atoms with van der Waals surface area (Å²) in [6.07, 6.45) is -0.269. The van der Waals surface area contributed by atoms with Crippen LogP contribution < -0.4 is 10.1 Å². The number of carbonyl (C=O) groups is 1. The van der Waals surface area contributed by atoms with Crippen LogP contribution >= 0.6 is 0 Å². The molecule has 0 fully saturated rings. The monoisotopic (exact) mass is 285 g/mol. The van der Waals surface area contributed by atoms with Crippen LogP contribution in [0, 0.1) is 0 Å². The second-order valence-electron chi connectivity index (χ2n) is 4.68. The SMILES string of the molecule is CCCOc1cccc(NC(=O)C(O)c2ccccc2)c1. The molecule has 0 aliphatic carbocycles. The fourth-order valence-electron chi connectivity index (χ4n) is 1.88. The quantitative estimate of drug-likeness (QED) is 0.857. The van der Waals surface area contributed by atoms with Crippen LogP contribution in [0.1, 0.15) is 25.0 Å². The van der Waals surface area contributed by atoms with Crippen LogP contribution in [0.25, 0.3) is 0 Å². The molecule has 1 unspecified atom stereocenters. The van der Waals surface area contributed by atoms with Crippen molar-refractivity contribution >= 4 is 11.6 Å². The molecule has 0 saturated heterocycles. The molecular weight excluding hydrogens is 266 g/mol. The van der Waals surface area contributed by atoms with Gasteiger partial charge in [-0.15, -0.1) is 0 Å². The molecule has 0 aromatic heterocycles. The van der Waals surface area contributed by atoms with E-state index in [1.807, 2.05) is 19.1 Å². The highest BCUT2D eigenvalue weighted by Crippen LogP contribution is 2.20. The van der Waals surface area contributed by atoms with Crippen LogP contribution in [0.5, 0.6) is 5.75 Å². The summed E-state index contributed by atoms with van der Waals surface area (Å²) in [5.41, 5.74) is 1.16. The topological polar surface area (TPSA) is 58.6 Å². The second kappa shape index (κ2) is 7.45. The Labute approximate surface area is 124 Å². The van der Waals surface area contributed by atoms with Crippen molar-refractivity contribution in [1.82, 2.24) is 0 Å². The first-order valence-electron chi connectivity index (χ1n) is 6.97. The van der Waals surface area contributed by atoms with Gasteiger partial charge in [-0.05, 0) is 24.1 Å². The summed E-state index contributed by atoms with van der Waals surface area (Å²) >= 11 is 0. The van der Waals surface area contributed by atoms with Crippen molar-refractivity contribution < 1.29 is 14.6 Å². The van der Waals surface area contributed by atoms with E-state index in [0.717, 1.165) is 6.42 Å². The number of anilines is 1. The van der Waals surface area contributed by atoms with Crippen LogP contribution in [0.15, 0.2) is 54.6 Å². The number of rotatable bonds is 6. The van der Waals surface area contributed by atoms with E-state index in [9.17, 15) is 9.90 Å². The molecule has 2 aromatic rings. The minimum atomic E-state index is -1.19. The Morgan fingerprint density at radius 2 is 1.95 bits per heavy atom. The van der Waals surface area contributed by atoms with E-state index in [1.165, 1.54) is 0 Å². The van der Waals surface area contributed by atoms with Gasteiger partial charge in [-0.25, -0.2) is 0 Å². The average Bonchev–Trinajstić information content (AvgIpc) is 2.53. The van der Waals surface area contributed by atoms with Crippen molar-refractivity contribution in [3.63, 3.8) is 0 Å². The van der Waals surface area contributed by atoms with Gasteiger partial charge in [0.15, 0.2) is 6.10 Å². The molecular formula is C17H19NO3. The lowest BCUT2D eigenvalue weighted by Crippen LogP contribution is -2.20. The summed E-state index contributed by atoms with van der Waals surface area (Å²) in [6, 6.07) is 16.0. The number of aliphatic hydroxyl groups excluding tert-OH is 1. The van der Waals surface area contributed by atoms with Gasteiger partial charge >= 0.3 is 0 Å². The van der Waals surface area contributed by atoms with Crippen LogP contribution in [0.4, 0.5) is 5.69 Å². The van der Waals surface area contributed by atoms with Crippen molar-refractivity contribution in [2.24, 2.45) is 0 Å². The smallest absolute Gasteiger partial charge is 0.257 e. The molecule has 0 heterocycles. The van der Waals surface area contributed by atoms with Crippen LogP contribution in [-0.2, 0) is 4.79 Å². The van der Waals surface area contributed by atoms with E-state index < -0.39 is 12.0 Å². The lowest BCUT2D eigenvalue weighted by Gasteiger charge is -2.12. The zero-order chi connectivity index (χ0) is 15.1. The first-order chi connectivity index (χ1) is 10.2. The van der Waals surface area contributed by atoms with Crippen molar-refractivity contribution in [2.75, 3.05) is 11.9 Å². The Hall–Kier alpha value is -2.33. The molecule has 2 N–H and O–H groups in total. The van der Waals surface area contributed by atoms with Crippen molar-refractivity contribution in [2.45, 2.75) is 19.4 Å². The third-order valence-electron chi connectivity index (χ3n) is 2.94. The van der Waals surface area contributed by atoms with Crippen LogP contribution in [0.3, 0.4) is 0 Å². The number of hydrogen-bond acceptors (Lipinski definition) is 3. The lowest BCUT2D eigenvalue weighted by molar-refractivity contribution is -0.124. The van der Waals surface area contributed by atoms with E-state index in [4.69, 9.17) is 4.74 Å². The standard InChI is InChI=1S/C17H19NO3/c1-2-11-21-15-10-6-9-14(12-15)18-17(20)16(19)13-7-4-3-5-8-13/h3-10,12,16,19H,2,11H2,1H3,(H,18,20). The lowest BCUT2D eigenvalue weighted by atomic mass is 10.1. The Balaban J connectivity index is 2.02. The van der Waals surface area contributed by atoms with Crippen LogP contribution in [0.2, 0.25) is 0 Å². The van der Waals surface area contributed by atoms with Gasteiger partial charge < -0.3 is 15.2 Å². The fourth-order valence-corrected chi connectivity index (χ4v) is 1.88. The van der Waals surface area contributed by atoms with Crippen molar-refractivity contribution in [3.8, 4) is 5.75 Å². The number of amides is 1. The molecule has 2 aromatic carbocycles. The van der Waals surface area contributed by atoms with E-state index in [2.05, 4.69) is 5.32 Å². The van der Waals surface area contributed by atoms with E-state index in [0.29, 0.717) is 23.6 Å². The molecule has 4 heteroatoms. The number of benzene rings is 2. The van der Waals surface area contributed by atoms with E-state index in [1.54, 1.807) is 42.5 Å². The maximum absolute atomic E-state index is 12.0. The minimum Gasteiger partial charge on any atom is -0.494 e. The third kappa shape index (κ3) is 4.33. The minimum absolute atomic E-state index is 0.464. The highest BCUT2D eigenvalue weighted by Gasteiger charge is 2.17. The van der Waals surface area contributed by atoms with Gasteiger partial charge in [0.2, 0.25) is 0 Å². The molecule has 0 saturated carbocycles. The highest BCUT2D eigenvalue weighted by molar-refractivity contribution is 5.94. The summed E-state index contributed by atoms with van der Waals surface area (Å²) in [5, 5.41) is 12.7. The molecule has 1 amide bonds. The average molecular weight is 285 g/mol. The van der Waals surface area contributed by atoms with Gasteiger partial charge in [-0.1, -0.05) is 43.3 Å². The highest BCUT2D eigenvalue weighted by atomic mass is 16.5. The number of nitrogens with one attached hydrogen (secondary N) is 1. The summed E-state index contributed by atoms with van der Waals surface area (Å²) in [4.78, 5) is 12.0. The predicted octanol–water partition coefficient (Wildman–Crippen LogP) is 3.15. The first kappa shape index (κ1) is 15.1. The largest absolute Gasteiger partial charge is 0.494 e. The predicted molar refractivity (Wildman–Crippen MR) is 82.3 cm³/mol. The molecule has 21 heavy (non-hydrogen) atoms.